The van der Waals surface area contributed by atoms with Crippen LogP contribution in [0.5, 0.6) is 0 Å². The number of rotatable bonds is 3. The number of anilines is 2. The van der Waals surface area contributed by atoms with Gasteiger partial charge >= 0.3 is 6.03 Å². The van der Waals surface area contributed by atoms with Crippen LogP contribution in [0.4, 0.5) is 16.2 Å². The smallest absolute Gasteiger partial charge is 0.308 e. The predicted molar refractivity (Wildman–Crippen MR) is 134 cm³/mol. The lowest BCUT2D eigenvalue weighted by atomic mass is 10.1. The van der Waals surface area contributed by atoms with Crippen molar-refractivity contribution in [1.29, 1.82) is 0 Å². The van der Waals surface area contributed by atoms with Gasteiger partial charge in [0.1, 0.15) is 0 Å². The molecule has 6 heteroatoms. The highest BCUT2D eigenvalue weighted by molar-refractivity contribution is 8.02. The van der Waals surface area contributed by atoms with Gasteiger partial charge in [-0.15, -0.1) is 11.8 Å². The number of hydrogen-bond acceptors (Lipinski definition) is 3. The van der Waals surface area contributed by atoms with Crippen LogP contribution in [0.15, 0.2) is 78.9 Å². The fourth-order valence-corrected chi connectivity index (χ4v) is 6.44. The van der Waals surface area contributed by atoms with E-state index in [2.05, 4.69) is 19.2 Å². The molecule has 1 spiro atoms. The molecule has 1 fully saturated rings. The highest BCUT2D eigenvalue weighted by Crippen LogP contribution is 2.59. The second-order valence-electron chi connectivity index (χ2n) is 9.28. The Balaban J connectivity index is 1.55. The Hall–Kier alpha value is -3.25. The molecule has 2 aliphatic rings. The third-order valence-electron chi connectivity index (χ3n) is 6.17. The van der Waals surface area contributed by atoms with Gasteiger partial charge in [0.25, 0.3) is 5.91 Å². The summed E-state index contributed by atoms with van der Waals surface area (Å²) in [5, 5.41) is 3.02. The summed E-state index contributed by atoms with van der Waals surface area (Å²) in [6.07, 6.45) is 0. The number of nitrogens with one attached hydrogen (secondary N) is 1. The number of carbonyl (C=O) groups is 2. The van der Waals surface area contributed by atoms with E-state index in [-0.39, 0.29) is 16.7 Å². The van der Waals surface area contributed by atoms with E-state index in [0.717, 1.165) is 28.1 Å². The first-order valence-electron chi connectivity index (χ1n) is 11.1. The summed E-state index contributed by atoms with van der Waals surface area (Å²) in [5.74, 6) is -0.0674. The molecular formula is C27H27N3O2S. The first kappa shape index (κ1) is 21.6. The SMILES string of the molecule is Cc1ccc(NC(=O)N2CC(C)(C)S[C@@]23C(=O)N(Cc2ccccc2)c2ccccc23)cc1. The molecule has 1 N–H and O–H groups in total. The molecule has 1 atom stereocenters. The van der Waals surface area contributed by atoms with Crippen LogP contribution in [-0.4, -0.2) is 28.1 Å². The maximum absolute atomic E-state index is 14.2. The van der Waals surface area contributed by atoms with Gasteiger partial charge in [-0.2, -0.15) is 0 Å². The van der Waals surface area contributed by atoms with Gasteiger partial charge in [0.2, 0.25) is 0 Å². The minimum atomic E-state index is -1.09. The lowest BCUT2D eigenvalue weighted by Gasteiger charge is -2.33. The second kappa shape index (κ2) is 7.96. The Morgan fingerprint density at radius 3 is 2.36 bits per heavy atom. The Morgan fingerprint density at radius 1 is 0.970 bits per heavy atom. The van der Waals surface area contributed by atoms with Crippen LogP contribution in [0.3, 0.4) is 0 Å². The molecule has 2 heterocycles. The first-order chi connectivity index (χ1) is 15.8. The minimum Gasteiger partial charge on any atom is -0.308 e. The quantitative estimate of drug-likeness (QED) is 0.545. The van der Waals surface area contributed by atoms with E-state index < -0.39 is 4.87 Å². The van der Waals surface area contributed by atoms with Crippen molar-refractivity contribution in [3.63, 3.8) is 0 Å². The van der Waals surface area contributed by atoms with Crippen molar-refractivity contribution in [2.45, 2.75) is 36.9 Å². The number of para-hydroxylation sites is 1. The van der Waals surface area contributed by atoms with Gasteiger partial charge in [0.15, 0.2) is 4.87 Å². The summed E-state index contributed by atoms with van der Waals surface area (Å²) in [6, 6.07) is 25.3. The number of thioether (sulfide) groups is 1. The highest BCUT2D eigenvalue weighted by atomic mass is 32.2. The summed E-state index contributed by atoms with van der Waals surface area (Å²) in [5.41, 5.74) is 4.63. The van der Waals surface area contributed by atoms with Crippen molar-refractivity contribution in [3.8, 4) is 0 Å². The van der Waals surface area contributed by atoms with Gasteiger partial charge in [-0.25, -0.2) is 4.79 Å². The molecule has 0 aliphatic carbocycles. The average molecular weight is 458 g/mol. The normalized spacial score (nSPS) is 20.9. The Bertz CT molecular complexity index is 1210. The van der Waals surface area contributed by atoms with Crippen molar-refractivity contribution < 1.29 is 9.59 Å². The van der Waals surface area contributed by atoms with Crippen LogP contribution in [0.2, 0.25) is 0 Å². The van der Waals surface area contributed by atoms with Crippen LogP contribution >= 0.6 is 11.8 Å². The van der Waals surface area contributed by atoms with Gasteiger partial charge < -0.3 is 10.2 Å². The van der Waals surface area contributed by atoms with E-state index in [0.29, 0.717) is 13.1 Å². The topological polar surface area (TPSA) is 52.7 Å². The minimum absolute atomic E-state index is 0.0674. The molecule has 1 saturated heterocycles. The predicted octanol–water partition coefficient (Wildman–Crippen LogP) is 5.75. The van der Waals surface area contributed by atoms with Gasteiger partial charge in [-0.1, -0.05) is 66.2 Å². The third kappa shape index (κ3) is 3.68. The Kier molecular flexibility index (Phi) is 5.20. The molecule has 5 rings (SSSR count). The lowest BCUT2D eigenvalue weighted by molar-refractivity contribution is -0.123. The monoisotopic (exact) mass is 457 g/mol. The molecule has 2 aliphatic heterocycles. The molecule has 3 aromatic carbocycles. The molecule has 168 valence electrons. The van der Waals surface area contributed by atoms with Gasteiger partial charge in [0, 0.05) is 22.5 Å². The highest BCUT2D eigenvalue weighted by Gasteiger charge is 2.63. The number of nitrogens with zero attached hydrogens (tertiary/aromatic N) is 2. The molecular weight excluding hydrogens is 430 g/mol. The summed E-state index contributed by atoms with van der Waals surface area (Å²) in [4.78, 5) is 30.2. The van der Waals surface area contributed by atoms with Crippen molar-refractivity contribution in [3.05, 3.63) is 95.6 Å². The van der Waals surface area contributed by atoms with Crippen LogP contribution in [0, 0.1) is 6.92 Å². The molecule has 0 bridgehead atoms. The number of urea groups is 1. The standard InChI is InChI=1S/C27H27N3O2S/c1-19-13-15-21(16-14-19)28-25(32)30-18-26(2,3)33-27(30)22-11-7-8-12-23(22)29(24(27)31)17-20-9-5-4-6-10-20/h4-16H,17-18H2,1-3H3,(H,28,32)/t27-/m0/s1. The van der Waals surface area contributed by atoms with Crippen LogP contribution < -0.4 is 10.2 Å². The number of amides is 3. The number of aryl methyl sites for hydroxylation is 1. The molecule has 0 unspecified atom stereocenters. The molecule has 0 radical (unpaired) electrons. The Morgan fingerprint density at radius 2 is 1.64 bits per heavy atom. The van der Waals surface area contributed by atoms with E-state index in [4.69, 9.17) is 0 Å². The van der Waals surface area contributed by atoms with Crippen molar-refractivity contribution >= 4 is 35.1 Å². The summed E-state index contributed by atoms with van der Waals surface area (Å²) < 4.78 is -0.282. The summed E-state index contributed by atoms with van der Waals surface area (Å²) in [7, 11) is 0. The zero-order valence-electron chi connectivity index (χ0n) is 19.0. The lowest BCUT2D eigenvalue weighted by Crippen LogP contribution is -2.51. The molecule has 3 aromatic rings. The number of carbonyl (C=O) groups excluding carboxylic acids is 2. The molecule has 33 heavy (non-hydrogen) atoms. The van der Waals surface area contributed by atoms with Crippen molar-refractivity contribution in [2.75, 3.05) is 16.8 Å². The van der Waals surface area contributed by atoms with Gasteiger partial charge in [-0.3, -0.25) is 9.69 Å². The zero-order valence-corrected chi connectivity index (χ0v) is 19.9. The number of fused-ring (bicyclic) bond motifs is 2. The fraction of sp³-hybridized carbons (Fsp3) is 0.259. The molecule has 3 amide bonds. The second-order valence-corrected chi connectivity index (χ2v) is 11.2. The largest absolute Gasteiger partial charge is 0.323 e. The van der Waals surface area contributed by atoms with Gasteiger partial charge in [0.05, 0.1) is 12.2 Å². The zero-order chi connectivity index (χ0) is 23.2. The maximum atomic E-state index is 14.2. The summed E-state index contributed by atoms with van der Waals surface area (Å²) in [6.45, 7) is 7.12. The van der Waals surface area contributed by atoms with Crippen LogP contribution in [0.25, 0.3) is 0 Å². The van der Waals surface area contributed by atoms with E-state index in [1.54, 1.807) is 16.7 Å². The fourth-order valence-electron chi connectivity index (χ4n) is 4.71. The Labute approximate surface area is 198 Å². The van der Waals surface area contributed by atoms with Crippen molar-refractivity contribution in [2.24, 2.45) is 0 Å². The molecule has 5 nitrogen and oxygen atoms in total. The first-order valence-corrected chi connectivity index (χ1v) is 11.9. The molecule has 0 saturated carbocycles. The van der Waals surface area contributed by atoms with E-state index in [1.807, 2.05) is 90.7 Å². The van der Waals surface area contributed by atoms with Crippen LogP contribution in [0.1, 0.15) is 30.5 Å². The van der Waals surface area contributed by atoms with Crippen LogP contribution in [-0.2, 0) is 16.2 Å². The van der Waals surface area contributed by atoms with E-state index in [9.17, 15) is 9.59 Å². The number of hydrogen-bond donors (Lipinski definition) is 1. The van der Waals surface area contributed by atoms with E-state index >= 15 is 0 Å². The average Bonchev–Trinajstić information content (AvgIpc) is 3.22. The third-order valence-corrected chi connectivity index (χ3v) is 7.76. The maximum Gasteiger partial charge on any atom is 0.323 e. The van der Waals surface area contributed by atoms with Crippen molar-refractivity contribution in [1.82, 2.24) is 4.90 Å². The van der Waals surface area contributed by atoms with E-state index in [1.165, 1.54) is 0 Å². The van der Waals surface area contributed by atoms with Gasteiger partial charge in [-0.05, 0) is 44.5 Å². The number of benzene rings is 3. The summed E-state index contributed by atoms with van der Waals surface area (Å²) >= 11 is 1.57. The molecule has 0 aromatic heterocycles.